The van der Waals surface area contributed by atoms with E-state index < -0.39 is 17.5 Å². The third-order valence-electron chi connectivity index (χ3n) is 3.23. The molecule has 0 atom stereocenters. The minimum atomic E-state index is -0.641. The van der Waals surface area contributed by atoms with Crippen LogP contribution in [-0.4, -0.2) is 24.6 Å². The fourth-order valence-electron chi connectivity index (χ4n) is 1.87. The molecule has 0 amide bonds. The third kappa shape index (κ3) is 3.95. The number of esters is 1. The number of hydrogen-bond acceptors (Lipinski definition) is 5. The molecule has 0 aromatic heterocycles. The van der Waals surface area contributed by atoms with Gasteiger partial charge in [0.2, 0.25) is 11.6 Å². The lowest BCUT2D eigenvalue weighted by Crippen LogP contribution is -2.14. The summed E-state index contributed by atoms with van der Waals surface area (Å²) in [6, 6.07) is 12.1. The molecule has 0 spiro atoms. The van der Waals surface area contributed by atoms with Crippen LogP contribution in [0.3, 0.4) is 0 Å². The smallest absolute Gasteiger partial charge is 0.338 e. The number of carbonyl (C=O) groups excluding carboxylic acids is 3. The van der Waals surface area contributed by atoms with Gasteiger partial charge in [0.1, 0.15) is 11.5 Å². The average Bonchev–Trinajstić information content (AvgIpc) is 2.61. The Balaban J connectivity index is 2.12. The van der Waals surface area contributed by atoms with Gasteiger partial charge in [0, 0.05) is 16.7 Å². The highest BCUT2D eigenvalue weighted by Crippen LogP contribution is 2.17. The van der Waals surface area contributed by atoms with E-state index in [0.717, 1.165) is 0 Å². The molecule has 0 aliphatic rings. The van der Waals surface area contributed by atoms with Gasteiger partial charge in [0.05, 0.1) is 7.11 Å². The van der Waals surface area contributed by atoms with Gasteiger partial charge >= 0.3 is 5.97 Å². The predicted molar refractivity (Wildman–Crippen MR) is 88.5 cm³/mol. The number of benzene rings is 2. The first-order valence-electron chi connectivity index (χ1n) is 7.13. The zero-order valence-corrected chi connectivity index (χ0v) is 13.4. The monoisotopic (exact) mass is 324 g/mol. The molecule has 0 saturated carbocycles. The Morgan fingerprint density at radius 3 is 1.58 bits per heavy atom. The van der Waals surface area contributed by atoms with Crippen LogP contribution in [0, 0.1) is 0 Å². The molecular weight excluding hydrogens is 308 g/mol. The van der Waals surface area contributed by atoms with E-state index in [1.165, 1.54) is 50.4 Å². The van der Waals surface area contributed by atoms with E-state index >= 15 is 0 Å². The van der Waals surface area contributed by atoms with E-state index in [9.17, 15) is 14.4 Å². The van der Waals surface area contributed by atoms with Crippen molar-refractivity contribution in [3.8, 4) is 11.5 Å². The van der Waals surface area contributed by atoms with Crippen molar-refractivity contribution in [2.45, 2.75) is 6.92 Å². The molecular formula is C19H16O5. The Morgan fingerprint density at radius 1 is 0.792 bits per heavy atom. The van der Waals surface area contributed by atoms with Gasteiger partial charge in [-0.05, 0) is 55.5 Å². The van der Waals surface area contributed by atoms with Crippen molar-refractivity contribution in [2.24, 2.45) is 0 Å². The van der Waals surface area contributed by atoms with Crippen molar-refractivity contribution in [3.63, 3.8) is 0 Å². The molecule has 0 heterocycles. The van der Waals surface area contributed by atoms with Crippen molar-refractivity contribution in [1.82, 2.24) is 0 Å². The van der Waals surface area contributed by atoms with E-state index in [4.69, 9.17) is 9.47 Å². The summed E-state index contributed by atoms with van der Waals surface area (Å²) < 4.78 is 10.0. The van der Waals surface area contributed by atoms with Crippen LogP contribution in [0.5, 0.6) is 11.5 Å². The van der Waals surface area contributed by atoms with E-state index in [-0.39, 0.29) is 22.4 Å². The Labute approximate surface area is 139 Å². The molecule has 0 radical (unpaired) electrons. The molecule has 0 aliphatic carbocycles. The highest BCUT2D eigenvalue weighted by molar-refractivity contribution is 6.49. The van der Waals surface area contributed by atoms with E-state index in [0.29, 0.717) is 5.75 Å². The SMILES string of the molecule is C=C(C)C(=O)Oc1ccc(C(=O)C(=O)c2ccc(OC)cc2)cc1. The Bertz CT molecular complexity index is 786. The summed E-state index contributed by atoms with van der Waals surface area (Å²) in [5.74, 6) is -0.940. The van der Waals surface area contributed by atoms with Crippen LogP contribution < -0.4 is 9.47 Å². The molecule has 0 unspecified atom stereocenters. The lowest BCUT2D eigenvalue weighted by molar-refractivity contribution is -0.130. The Hall–Kier alpha value is -3.21. The van der Waals surface area contributed by atoms with Gasteiger partial charge in [-0.3, -0.25) is 9.59 Å². The van der Waals surface area contributed by atoms with Gasteiger partial charge in [-0.1, -0.05) is 6.58 Å². The molecule has 2 aromatic carbocycles. The molecule has 24 heavy (non-hydrogen) atoms. The molecule has 2 aromatic rings. The van der Waals surface area contributed by atoms with Crippen LogP contribution in [0.25, 0.3) is 0 Å². The maximum Gasteiger partial charge on any atom is 0.338 e. The lowest BCUT2D eigenvalue weighted by Gasteiger charge is -2.05. The fraction of sp³-hybridized carbons (Fsp3) is 0.105. The topological polar surface area (TPSA) is 69.7 Å². The number of ether oxygens (including phenoxy) is 2. The number of rotatable bonds is 6. The zero-order chi connectivity index (χ0) is 17.7. The second-order valence-corrected chi connectivity index (χ2v) is 5.08. The number of Topliss-reactive ketones (excluding diaryl/α,β-unsaturated/α-hetero) is 2. The van der Waals surface area contributed by atoms with Crippen LogP contribution in [-0.2, 0) is 4.79 Å². The van der Waals surface area contributed by atoms with E-state index in [2.05, 4.69) is 6.58 Å². The quantitative estimate of drug-likeness (QED) is 0.268. The van der Waals surface area contributed by atoms with Crippen LogP contribution >= 0.6 is 0 Å². The maximum absolute atomic E-state index is 12.2. The van der Waals surface area contributed by atoms with Crippen molar-refractivity contribution in [2.75, 3.05) is 7.11 Å². The molecule has 0 N–H and O–H groups in total. The molecule has 0 fully saturated rings. The average molecular weight is 324 g/mol. The summed E-state index contributed by atoms with van der Waals surface area (Å²) in [5.41, 5.74) is 0.759. The van der Waals surface area contributed by atoms with Crippen molar-refractivity contribution >= 4 is 17.5 Å². The van der Waals surface area contributed by atoms with Gasteiger partial charge in [-0.2, -0.15) is 0 Å². The lowest BCUT2D eigenvalue weighted by atomic mass is 10.0. The van der Waals surface area contributed by atoms with Crippen molar-refractivity contribution in [1.29, 1.82) is 0 Å². The molecule has 0 saturated heterocycles. The minimum Gasteiger partial charge on any atom is -0.497 e. The third-order valence-corrected chi connectivity index (χ3v) is 3.23. The summed E-state index contributed by atoms with van der Waals surface area (Å²) in [6.07, 6.45) is 0. The maximum atomic E-state index is 12.2. The predicted octanol–water partition coefficient (Wildman–Crippen LogP) is 3.24. The van der Waals surface area contributed by atoms with Crippen LogP contribution in [0.15, 0.2) is 60.7 Å². The standard InChI is InChI=1S/C19H16O5/c1-12(2)19(22)24-16-10-6-14(7-11-16)18(21)17(20)13-4-8-15(23-3)9-5-13/h4-11H,1H2,2-3H3. The zero-order valence-electron chi connectivity index (χ0n) is 13.4. The number of hydrogen-bond donors (Lipinski definition) is 0. The van der Waals surface area contributed by atoms with E-state index in [1.807, 2.05) is 0 Å². The largest absolute Gasteiger partial charge is 0.497 e. The summed E-state index contributed by atoms with van der Waals surface area (Å²) in [6.45, 7) is 5.02. The summed E-state index contributed by atoms with van der Waals surface area (Å²) in [7, 11) is 1.52. The summed E-state index contributed by atoms with van der Waals surface area (Å²) in [4.78, 5) is 35.9. The fourth-order valence-corrected chi connectivity index (χ4v) is 1.87. The van der Waals surface area contributed by atoms with Crippen molar-refractivity contribution < 1.29 is 23.9 Å². The highest BCUT2D eigenvalue weighted by atomic mass is 16.5. The highest BCUT2D eigenvalue weighted by Gasteiger charge is 2.18. The second kappa shape index (κ2) is 7.37. The molecule has 0 aliphatic heterocycles. The summed E-state index contributed by atoms with van der Waals surface area (Å²) in [5, 5.41) is 0. The van der Waals surface area contributed by atoms with Crippen LogP contribution in [0.4, 0.5) is 0 Å². The summed E-state index contributed by atoms with van der Waals surface area (Å²) >= 11 is 0. The molecule has 5 nitrogen and oxygen atoms in total. The van der Waals surface area contributed by atoms with Gasteiger partial charge < -0.3 is 9.47 Å². The molecule has 122 valence electrons. The second-order valence-electron chi connectivity index (χ2n) is 5.08. The molecule has 2 rings (SSSR count). The van der Waals surface area contributed by atoms with Gasteiger partial charge in [-0.25, -0.2) is 4.79 Å². The molecule has 5 heteroatoms. The van der Waals surface area contributed by atoms with Crippen molar-refractivity contribution in [3.05, 3.63) is 71.8 Å². The van der Waals surface area contributed by atoms with Gasteiger partial charge in [-0.15, -0.1) is 0 Å². The van der Waals surface area contributed by atoms with Gasteiger partial charge in [0.15, 0.2) is 0 Å². The number of ketones is 2. The number of methoxy groups -OCH3 is 1. The first-order valence-corrected chi connectivity index (χ1v) is 7.13. The molecule has 0 bridgehead atoms. The van der Waals surface area contributed by atoms with Crippen LogP contribution in [0.1, 0.15) is 27.6 Å². The van der Waals surface area contributed by atoms with E-state index in [1.54, 1.807) is 12.1 Å². The van der Waals surface area contributed by atoms with Crippen LogP contribution in [0.2, 0.25) is 0 Å². The first-order chi connectivity index (χ1) is 11.4. The first kappa shape index (κ1) is 17.1. The van der Waals surface area contributed by atoms with Gasteiger partial charge in [0.25, 0.3) is 0 Å². The normalized spacial score (nSPS) is 9.92. The Morgan fingerprint density at radius 2 is 1.21 bits per heavy atom. The number of carbonyl (C=O) groups is 3. The Kier molecular flexibility index (Phi) is 5.27. The minimum absolute atomic E-state index is 0.214.